The molecule has 62 valence electrons. The smallest absolute Gasteiger partial charge is 0.0690 e. The molecule has 0 amide bonds. The van der Waals surface area contributed by atoms with Crippen molar-refractivity contribution in [3.05, 3.63) is 0 Å². The van der Waals surface area contributed by atoms with Crippen molar-refractivity contribution in [3.63, 3.8) is 0 Å². The number of nitrogens with zero attached hydrogens (tertiary/aromatic N) is 1. The quantitative estimate of drug-likeness (QED) is 0.648. The zero-order valence-electron chi connectivity index (χ0n) is 7.10. The van der Waals surface area contributed by atoms with Gasteiger partial charge in [-0.2, -0.15) is 17.0 Å². The number of nitriles is 1. The van der Waals surface area contributed by atoms with Gasteiger partial charge in [0, 0.05) is 0 Å². The molecule has 0 aromatic rings. The highest BCUT2D eigenvalue weighted by Crippen LogP contribution is 2.40. The van der Waals surface area contributed by atoms with E-state index in [1.807, 2.05) is 11.8 Å². The van der Waals surface area contributed by atoms with Gasteiger partial charge in [-0.15, -0.1) is 0 Å². The first-order valence-corrected chi connectivity index (χ1v) is 5.63. The molecule has 0 aliphatic heterocycles. The first-order chi connectivity index (χ1) is 5.33. The molecule has 1 rings (SSSR count). The second-order valence-corrected chi connectivity index (χ2v) is 4.33. The van der Waals surface area contributed by atoms with E-state index in [2.05, 4.69) is 12.3 Å². The summed E-state index contributed by atoms with van der Waals surface area (Å²) in [5.74, 6) is 1.15. The third kappa shape index (κ3) is 2.13. The van der Waals surface area contributed by atoms with Crippen LogP contribution in [0.1, 0.15) is 32.1 Å². The Labute approximate surface area is 73.2 Å². The average Bonchev–Trinajstić information content (AvgIpc) is 2.50. The van der Waals surface area contributed by atoms with Crippen molar-refractivity contribution in [2.24, 2.45) is 5.41 Å². The van der Waals surface area contributed by atoms with Gasteiger partial charge in [0.15, 0.2) is 0 Å². The van der Waals surface area contributed by atoms with Crippen LogP contribution in [0, 0.1) is 16.7 Å². The minimum Gasteiger partial charge on any atom is -0.198 e. The van der Waals surface area contributed by atoms with E-state index in [9.17, 15) is 0 Å². The van der Waals surface area contributed by atoms with E-state index in [1.165, 1.54) is 12.8 Å². The molecule has 0 unspecified atom stereocenters. The Kier molecular flexibility index (Phi) is 3.26. The van der Waals surface area contributed by atoms with Crippen LogP contribution in [0.25, 0.3) is 0 Å². The minimum atomic E-state index is 0.0724. The van der Waals surface area contributed by atoms with Crippen LogP contribution in [0.3, 0.4) is 0 Å². The van der Waals surface area contributed by atoms with Crippen molar-refractivity contribution >= 4 is 11.8 Å². The van der Waals surface area contributed by atoms with Crippen molar-refractivity contribution in [2.45, 2.75) is 32.1 Å². The molecule has 1 fully saturated rings. The van der Waals surface area contributed by atoms with Crippen molar-refractivity contribution in [3.8, 4) is 6.07 Å². The average molecular weight is 169 g/mol. The standard InChI is InChI=1S/C9H15NS/c1-11-7-6-9(8-10)4-2-3-5-9/h2-7H2,1H3. The molecule has 0 saturated heterocycles. The Hall–Kier alpha value is -0.160. The second-order valence-electron chi connectivity index (χ2n) is 3.34. The molecular weight excluding hydrogens is 154 g/mol. The lowest BCUT2D eigenvalue weighted by atomic mass is 9.85. The van der Waals surface area contributed by atoms with E-state index >= 15 is 0 Å². The van der Waals surface area contributed by atoms with Crippen molar-refractivity contribution < 1.29 is 0 Å². The predicted octanol–water partition coefficient (Wildman–Crippen LogP) is 2.82. The molecule has 0 aromatic carbocycles. The van der Waals surface area contributed by atoms with Gasteiger partial charge in [-0.1, -0.05) is 12.8 Å². The summed E-state index contributed by atoms with van der Waals surface area (Å²) in [5, 5.41) is 8.98. The molecular formula is C9H15NS. The molecule has 1 aliphatic rings. The molecule has 0 aromatic heterocycles. The normalized spacial score (nSPS) is 21.5. The van der Waals surface area contributed by atoms with Gasteiger partial charge in [0.25, 0.3) is 0 Å². The molecule has 0 bridgehead atoms. The Bertz CT molecular complexity index is 153. The fourth-order valence-corrected chi connectivity index (χ4v) is 2.36. The summed E-state index contributed by atoms with van der Waals surface area (Å²) in [7, 11) is 0. The number of rotatable bonds is 3. The molecule has 0 N–H and O–H groups in total. The van der Waals surface area contributed by atoms with Crippen LogP contribution in [-0.4, -0.2) is 12.0 Å². The first kappa shape index (κ1) is 8.93. The lowest BCUT2D eigenvalue weighted by molar-refractivity contribution is 0.399. The van der Waals surface area contributed by atoms with Crippen LogP contribution in [0.5, 0.6) is 0 Å². The van der Waals surface area contributed by atoms with E-state index in [-0.39, 0.29) is 5.41 Å². The molecule has 1 aliphatic carbocycles. The summed E-state index contributed by atoms with van der Waals surface area (Å²) in [5.41, 5.74) is 0.0724. The van der Waals surface area contributed by atoms with Crippen LogP contribution < -0.4 is 0 Å². The van der Waals surface area contributed by atoms with Gasteiger partial charge in [0.2, 0.25) is 0 Å². The maximum absolute atomic E-state index is 8.98. The summed E-state index contributed by atoms with van der Waals surface area (Å²) in [6, 6.07) is 2.50. The highest BCUT2D eigenvalue weighted by atomic mass is 32.2. The van der Waals surface area contributed by atoms with Crippen LogP contribution in [0.4, 0.5) is 0 Å². The van der Waals surface area contributed by atoms with E-state index in [0.717, 1.165) is 25.0 Å². The maximum Gasteiger partial charge on any atom is 0.0690 e. The highest BCUT2D eigenvalue weighted by Gasteiger charge is 2.32. The zero-order chi connectivity index (χ0) is 8.16. The summed E-state index contributed by atoms with van der Waals surface area (Å²) < 4.78 is 0. The van der Waals surface area contributed by atoms with Crippen LogP contribution >= 0.6 is 11.8 Å². The summed E-state index contributed by atoms with van der Waals surface area (Å²) in [6.07, 6.45) is 8.03. The summed E-state index contributed by atoms with van der Waals surface area (Å²) >= 11 is 1.85. The SMILES string of the molecule is CSCCC1(C#N)CCCC1. The molecule has 0 atom stereocenters. The molecule has 0 spiro atoms. The lowest BCUT2D eigenvalue weighted by Gasteiger charge is -2.18. The van der Waals surface area contributed by atoms with Crippen molar-refractivity contribution in [1.29, 1.82) is 5.26 Å². The molecule has 2 heteroatoms. The fraction of sp³-hybridized carbons (Fsp3) is 0.889. The fourth-order valence-electron chi connectivity index (χ4n) is 1.77. The predicted molar refractivity (Wildman–Crippen MR) is 49.5 cm³/mol. The molecule has 0 radical (unpaired) electrons. The van der Waals surface area contributed by atoms with Gasteiger partial charge in [0.1, 0.15) is 0 Å². The van der Waals surface area contributed by atoms with Crippen molar-refractivity contribution in [2.75, 3.05) is 12.0 Å². The third-order valence-corrected chi connectivity index (χ3v) is 3.19. The maximum atomic E-state index is 8.98. The van der Waals surface area contributed by atoms with Gasteiger partial charge < -0.3 is 0 Å². The number of hydrogen-bond donors (Lipinski definition) is 0. The lowest BCUT2D eigenvalue weighted by Crippen LogP contribution is -2.14. The van der Waals surface area contributed by atoms with E-state index in [4.69, 9.17) is 5.26 Å². The van der Waals surface area contributed by atoms with E-state index in [0.29, 0.717) is 0 Å². The molecule has 0 heterocycles. The Balaban J connectivity index is 2.41. The largest absolute Gasteiger partial charge is 0.198 e. The first-order valence-electron chi connectivity index (χ1n) is 4.23. The third-order valence-electron chi connectivity index (χ3n) is 2.58. The molecule has 1 nitrogen and oxygen atoms in total. The topological polar surface area (TPSA) is 23.8 Å². The van der Waals surface area contributed by atoms with Crippen LogP contribution in [0.15, 0.2) is 0 Å². The van der Waals surface area contributed by atoms with E-state index < -0.39 is 0 Å². The minimum absolute atomic E-state index is 0.0724. The second kappa shape index (κ2) is 4.01. The van der Waals surface area contributed by atoms with Gasteiger partial charge in [-0.3, -0.25) is 0 Å². The van der Waals surface area contributed by atoms with Crippen molar-refractivity contribution in [1.82, 2.24) is 0 Å². The van der Waals surface area contributed by atoms with Crippen LogP contribution in [0.2, 0.25) is 0 Å². The van der Waals surface area contributed by atoms with Crippen LogP contribution in [-0.2, 0) is 0 Å². The zero-order valence-corrected chi connectivity index (χ0v) is 7.91. The van der Waals surface area contributed by atoms with Gasteiger partial charge in [-0.05, 0) is 31.3 Å². The highest BCUT2D eigenvalue weighted by molar-refractivity contribution is 7.98. The number of hydrogen-bond acceptors (Lipinski definition) is 2. The summed E-state index contributed by atoms with van der Waals surface area (Å²) in [4.78, 5) is 0. The van der Waals surface area contributed by atoms with Gasteiger partial charge in [0.05, 0.1) is 11.5 Å². The Morgan fingerprint density at radius 2 is 2.09 bits per heavy atom. The molecule has 11 heavy (non-hydrogen) atoms. The van der Waals surface area contributed by atoms with E-state index in [1.54, 1.807) is 0 Å². The van der Waals surface area contributed by atoms with Gasteiger partial charge >= 0.3 is 0 Å². The number of thioether (sulfide) groups is 1. The monoisotopic (exact) mass is 169 g/mol. The Morgan fingerprint density at radius 1 is 1.45 bits per heavy atom. The Morgan fingerprint density at radius 3 is 2.55 bits per heavy atom. The summed E-state index contributed by atoms with van der Waals surface area (Å²) in [6.45, 7) is 0. The molecule has 1 saturated carbocycles. The van der Waals surface area contributed by atoms with Gasteiger partial charge in [-0.25, -0.2) is 0 Å².